The van der Waals surface area contributed by atoms with Gasteiger partial charge in [-0.2, -0.15) is 0 Å². The lowest BCUT2D eigenvalue weighted by Gasteiger charge is -2.27. The van der Waals surface area contributed by atoms with Gasteiger partial charge in [-0.1, -0.05) is 35.9 Å². The first kappa shape index (κ1) is 14.0. The molecule has 1 unspecified atom stereocenters. The average Bonchev–Trinajstić information content (AvgIpc) is 2.34. The molecule has 1 atom stereocenters. The topological polar surface area (TPSA) is 26.0 Å². The molecule has 0 saturated carbocycles. The molecule has 0 radical (unpaired) electrons. The van der Waals surface area contributed by atoms with Crippen LogP contribution in [0.3, 0.4) is 0 Å². The monoisotopic (exact) mass is 277 g/mol. The lowest BCUT2D eigenvalue weighted by Crippen LogP contribution is -2.36. The van der Waals surface area contributed by atoms with Crippen LogP contribution < -0.4 is 5.73 Å². The minimum atomic E-state index is -0.581. The Bertz CT molecular complexity index is 593. The molecule has 0 fully saturated rings. The first-order chi connectivity index (χ1) is 8.90. The van der Waals surface area contributed by atoms with Crippen molar-refractivity contribution in [2.45, 2.75) is 25.8 Å². The lowest BCUT2D eigenvalue weighted by atomic mass is 9.84. The van der Waals surface area contributed by atoms with Gasteiger partial charge in [0.25, 0.3) is 0 Å². The van der Waals surface area contributed by atoms with Gasteiger partial charge in [-0.05, 0) is 55.2 Å². The van der Waals surface area contributed by atoms with Crippen LogP contribution >= 0.6 is 11.6 Å². The van der Waals surface area contributed by atoms with Crippen molar-refractivity contribution in [1.82, 2.24) is 0 Å². The number of halogens is 2. The van der Waals surface area contributed by atoms with Crippen molar-refractivity contribution < 1.29 is 4.39 Å². The molecule has 0 amide bonds. The molecule has 0 aromatic heterocycles. The van der Waals surface area contributed by atoms with Crippen molar-refractivity contribution >= 4 is 11.6 Å². The van der Waals surface area contributed by atoms with E-state index in [1.165, 1.54) is 12.1 Å². The molecular weight excluding hydrogens is 261 g/mol. The van der Waals surface area contributed by atoms with E-state index in [0.29, 0.717) is 11.4 Å². The Morgan fingerprint density at radius 3 is 2.58 bits per heavy atom. The fourth-order valence-electron chi connectivity index (χ4n) is 2.38. The third-order valence-electron chi connectivity index (χ3n) is 3.33. The van der Waals surface area contributed by atoms with E-state index in [1.807, 2.05) is 38.1 Å². The summed E-state index contributed by atoms with van der Waals surface area (Å²) in [7, 11) is 0. The zero-order valence-corrected chi connectivity index (χ0v) is 11.8. The number of rotatable bonds is 3. The second kappa shape index (κ2) is 5.32. The minimum absolute atomic E-state index is 0.292. The number of nitrogens with two attached hydrogens (primary N) is 1. The van der Waals surface area contributed by atoms with E-state index in [0.717, 1.165) is 16.7 Å². The molecule has 0 aliphatic heterocycles. The van der Waals surface area contributed by atoms with Gasteiger partial charge in [0.2, 0.25) is 0 Å². The zero-order chi connectivity index (χ0) is 14.0. The zero-order valence-electron chi connectivity index (χ0n) is 11.1. The maximum Gasteiger partial charge on any atom is 0.123 e. The summed E-state index contributed by atoms with van der Waals surface area (Å²) in [4.78, 5) is 0. The highest BCUT2D eigenvalue weighted by molar-refractivity contribution is 6.31. The van der Waals surface area contributed by atoms with E-state index in [2.05, 4.69) is 0 Å². The summed E-state index contributed by atoms with van der Waals surface area (Å²) in [5, 5.41) is 0.548. The summed E-state index contributed by atoms with van der Waals surface area (Å²) >= 11 is 6.11. The van der Waals surface area contributed by atoms with Crippen molar-refractivity contribution in [3.63, 3.8) is 0 Å². The van der Waals surface area contributed by atoms with E-state index in [-0.39, 0.29) is 5.82 Å². The van der Waals surface area contributed by atoms with Gasteiger partial charge >= 0.3 is 0 Å². The quantitative estimate of drug-likeness (QED) is 0.894. The molecule has 2 rings (SSSR count). The van der Waals surface area contributed by atoms with Gasteiger partial charge in [0.1, 0.15) is 5.82 Å². The van der Waals surface area contributed by atoms with E-state index < -0.39 is 5.54 Å². The summed E-state index contributed by atoms with van der Waals surface area (Å²) < 4.78 is 13.3. The first-order valence-electron chi connectivity index (χ1n) is 6.19. The van der Waals surface area contributed by atoms with Gasteiger partial charge in [-0.3, -0.25) is 0 Å². The molecule has 0 spiro atoms. The van der Waals surface area contributed by atoms with E-state index in [4.69, 9.17) is 17.3 Å². The van der Waals surface area contributed by atoms with Crippen molar-refractivity contribution in [2.75, 3.05) is 0 Å². The molecule has 1 nitrogen and oxygen atoms in total. The Labute approximate surface area is 118 Å². The average molecular weight is 278 g/mol. The summed E-state index contributed by atoms with van der Waals surface area (Å²) in [5.41, 5.74) is 8.74. The maximum absolute atomic E-state index is 13.3. The largest absolute Gasteiger partial charge is 0.321 e. The fourth-order valence-corrected chi connectivity index (χ4v) is 2.57. The van der Waals surface area contributed by atoms with E-state index in [9.17, 15) is 4.39 Å². The lowest BCUT2D eigenvalue weighted by molar-refractivity contribution is 0.487. The van der Waals surface area contributed by atoms with Crippen molar-refractivity contribution in [3.8, 4) is 0 Å². The Morgan fingerprint density at radius 1 is 1.21 bits per heavy atom. The molecule has 0 saturated heterocycles. The van der Waals surface area contributed by atoms with Gasteiger partial charge in [0, 0.05) is 10.6 Å². The first-order valence-corrected chi connectivity index (χ1v) is 6.57. The van der Waals surface area contributed by atoms with Crippen LogP contribution in [0.1, 0.15) is 23.6 Å². The van der Waals surface area contributed by atoms with Gasteiger partial charge in [-0.25, -0.2) is 4.39 Å². The smallest absolute Gasteiger partial charge is 0.123 e. The summed E-state index contributed by atoms with van der Waals surface area (Å²) in [6.07, 6.45) is 0.494. The predicted octanol–water partition coefficient (Wildman–Crippen LogP) is 4.20. The molecule has 3 heteroatoms. The Balaban J connectivity index is 2.36. The molecule has 100 valence electrons. The summed E-state index contributed by atoms with van der Waals surface area (Å²) in [6.45, 7) is 3.96. The van der Waals surface area contributed by atoms with Crippen molar-refractivity contribution in [3.05, 3.63) is 70.0 Å². The Morgan fingerprint density at radius 2 is 1.89 bits per heavy atom. The van der Waals surface area contributed by atoms with Crippen LogP contribution in [0.25, 0.3) is 0 Å². The SMILES string of the molecule is Cc1ccccc1C(C)(N)Cc1cc(F)ccc1Cl. The molecule has 2 aromatic rings. The minimum Gasteiger partial charge on any atom is -0.321 e. The highest BCUT2D eigenvalue weighted by atomic mass is 35.5. The standard InChI is InChI=1S/C16H17ClFN/c1-11-5-3-4-6-14(11)16(2,19)10-12-9-13(18)7-8-15(12)17/h3-9H,10,19H2,1-2H3. The molecular formula is C16H17ClFN. The van der Waals surface area contributed by atoms with Crippen molar-refractivity contribution in [2.24, 2.45) is 5.73 Å². The normalized spacial score (nSPS) is 14.2. The number of benzene rings is 2. The maximum atomic E-state index is 13.3. The van der Waals surface area contributed by atoms with Crippen LogP contribution in [0.2, 0.25) is 5.02 Å². The van der Waals surface area contributed by atoms with E-state index >= 15 is 0 Å². The molecule has 19 heavy (non-hydrogen) atoms. The number of aryl methyl sites for hydroxylation is 1. The molecule has 0 bridgehead atoms. The highest BCUT2D eigenvalue weighted by Gasteiger charge is 2.24. The fraction of sp³-hybridized carbons (Fsp3) is 0.250. The third-order valence-corrected chi connectivity index (χ3v) is 3.69. The van der Waals surface area contributed by atoms with Gasteiger partial charge in [-0.15, -0.1) is 0 Å². The predicted molar refractivity (Wildman–Crippen MR) is 77.8 cm³/mol. The highest BCUT2D eigenvalue weighted by Crippen LogP contribution is 2.28. The summed E-state index contributed by atoms with van der Waals surface area (Å²) in [6, 6.07) is 12.3. The van der Waals surface area contributed by atoms with Crippen LogP contribution in [0.15, 0.2) is 42.5 Å². The van der Waals surface area contributed by atoms with Gasteiger partial charge in [0.15, 0.2) is 0 Å². The number of hydrogen-bond donors (Lipinski definition) is 1. The molecule has 2 aromatic carbocycles. The van der Waals surface area contributed by atoms with E-state index in [1.54, 1.807) is 6.07 Å². The van der Waals surface area contributed by atoms with Gasteiger partial charge in [0.05, 0.1) is 0 Å². The molecule has 0 heterocycles. The van der Waals surface area contributed by atoms with Gasteiger partial charge < -0.3 is 5.73 Å². The Kier molecular flexibility index (Phi) is 3.93. The number of hydrogen-bond acceptors (Lipinski definition) is 1. The van der Waals surface area contributed by atoms with Crippen LogP contribution in [-0.2, 0) is 12.0 Å². The second-order valence-electron chi connectivity index (χ2n) is 5.14. The van der Waals surface area contributed by atoms with Crippen LogP contribution in [-0.4, -0.2) is 0 Å². The second-order valence-corrected chi connectivity index (χ2v) is 5.55. The van der Waals surface area contributed by atoms with Crippen molar-refractivity contribution in [1.29, 1.82) is 0 Å². The molecule has 2 N–H and O–H groups in total. The molecule has 0 aliphatic rings. The van der Waals surface area contributed by atoms with Crippen LogP contribution in [0, 0.1) is 12.7 Å². The Hall–Kier alpha value is -1.38. The van der Waals surface area contributed by atoms with Crippen LogP contribution in [0.4, 0.5) is 4.39 Å². The third kappa shape index (κ3) is 3.14. The summed E-state index contributed by atoms with van der Waals surface area (Å²) in [5.74, 6) is -0.292. The molecule has 0 aliphatic carbocycles. The van der Waals surface area contributed by atoms with Crippen LogP contribution in [0.5, 0.6) is 0 Å².